The summed E-state index contributed by atoms with van der Waals surface area (Å²) in [4.78, 5) is 2.58. The van der Waals surface area contributed by atoms with Gasteiger partial charge in [-0.15, -0.1) is 0 Å². The Kier molecular flexibility index (Phi) is 3.39. The standard InChI is InChI=1S/C13H25N3O/c14-10-13(15-8-12-2-1-7-17-12)4-6-16-5-3-11(13)9-16/h11-12,15H,1-10,14H2. The van der Waals surface area contributed by atoms with Gasteiger partial charge in [0, 0.05) is 31.8 Å². The first-order valence-electron chi connectivity index (χ1n) is 7.11. The van der Waals surface area contributed by atoms with Crippen molar-refractivity contribution in [3.63, 3.8) is 0 Å². The highest BCUT2D eigenvalue weighted by Crippen LogP contribution is 2.35. The molecule has 4 nitrogen and oxygen atoms in total. The third kappa shape index (κ3) is 2.24. The first-order valence-corrected chi connectivity index (χ1v) is 7.11. The van der Waals surface area contributed by atoms with Gasteiger partial charge >= 0.3 is 0 Å². The van der Waals surface area contributed by atoms with Crippen LogP contribution in [0.1, 0.15) is 25.7 Å². The summed E-state index contributed by atoms with van der Waals surface area (Å²) < 4.78 is 5.70. The minimum atomic E-state index is 0.193. The molecular formula is C13H25N3O. The van der Waals surface area contributed by atoms with Gasteiger partial charge in [0.05, 0.1) is 6.10 Å². The molecule has 3 aliphatic rings. The van der Waals surface area contributed by atoms with Gasteiger partial charge in [0.15, 0.2) is 0 Å². The zero-order chi connectivity index (χ0) is 11.7. The number of piperidine rings is 1. The highest BCUT2D eigenvalue weighted by atomic mass is 16.5. The molecule has 0 spiro atoms. The molecule has 0 amide bonds. The molecule has 0 radical (unpaired) electrons. The third-order valence-corrected chi connectivity index (χ3v) is 5.00. The maximum Gasteiger partial charge on any atom is 0.0700 e. The highest BCUT2D eigenvalue weighted by molar-refractivity contribution is 5.04. The van der Waals surface area contributed by atoms with E-state index in [9.17, 15) is 0 Å². The molecule has 4 unspecified atom stereocenters. The topological polar surface area (TPSA) is 50.5 Å². The van der Waals surface area contributed by atoms with Crippen molar-refractivity contribution in [2.24, 2.45) is 11.7 Å². The average Bonchev–Trinajstić information content (AvgIpc) is 3.00. The molecule has 0 aromatic rings. The number of nitrogens with one attached hydrogen (secondary N) is 1. The monoisotopic (exact) mass is 239 g/mol. The smallest absolute Gasteiger partial charge is 0.0700 e. The van der Waals surface area contributed by atoms with Crippen LogP contribution in [-0.2, 0) is 4.74 Å². The maximum absolute atomic E-state index is 6.09. The van der Waals surface area contributed by atoms with E-state index in [2.05, 4.69) is 10.2 Å². The molecule has 0 saturated carbocycles. The number of ether oxygens (including phenoxy) is 1. The van der Waals surface area contributed by atoms with E-state index in [1.54, 1.807) is 0 Å². The Balaban J connectivity index is 1.60. The van der Waals surface area contributed by atoms with Crippen LogP contribution in [0.2, 0.25) is 0 Å². The molecule has 0 aromatic carbocycles. The molecule has 3 heterocycles. The predicted molar refractivity (Wildman–Crippen MR) is 67.9 cm³/mol. The van der Waals surface area contributed by atoms with Crippen LogP contribution in [0.3, 0.4) is 0 Å². The van der Waals surface area contributed by atoms with Crippen molar-refractivity contribution in [1.29, 1.82) is 0 Å². The van der Waals surface area contributed by atoms with E-state index in [4.69, 9.17) is 10.5 Å². The van der Waals surface area contributed by atoms with Crippen LogP contribution >= 0.6 is 0 Å². The quantitative estimate of drug-likeness (QED) is 0.735. The summed E-state index contributed by atoms with van der Waals surface area (Å²) in [5.74, 6) is 0.752. The van der Waals surface area contributed by atoms with Crippen LogP contribution in [0.25, 0.3) is 0 Å². The number of nitrogens with two attached hydrogens (primary N) is 1. The minimum Gasteiger partial charge on any atom is -0.377 e. The lowest BCUT2D eigenvalue weighted by Crippen LogP contribution is -2.61. The fourth-order valence-corrected chi connectivity index (χ4v) is 3.74. The van der Waals surface area contributed by atoms with Gasteiger partial charge in [-0.2, -0.15) is 0 Å². The normalized spacial score (nSPS) is 45.4. The van der Waals surface area contributed by atoms with Gasteiger partial charge in [0.2, 0.25) is 0 Å². The van der Waals surface area contributed by atoms with Gasteiger partial charge in [-0.3, -0.25) is 0 Å². The van der Waals surface area contributed by atoms with E-state index in [-0.39, 0.29) is 5.54 Å². The lowest BCUT2D eigenvalue weighted by atomic mass is 9.78. The Morgan fingerprint density at radius 1 is 1.35 bits per heavy atom. The number of fused-ring (bicyclic) bond motifs is 2. The molecule has 0 aromatic heterocycles. The van der Waals surface area contributed by atoms with Crippen LogP contribution in [0.5, 0.6) is 0 Å². The summed E-state index contributed by atoms with van der Waals surface area (Å²) in [6.07, 6.45) is 5.39. The largest absolute Gasteiger partial charge is 0.377 e. The van der Waals surface area contributed by atoms with Gasteiger partial charge in [0.25, 0.3) is 0 Å². The fraction of sp³-hybridized carbons (Fsp3) is 1.00. The van der Waals surface area contributed by atoms with Crippen molar-refractivity contribution in [3.05, 3.63) is 0 Å². The molecule has 98 valence electrons. The first kappa shape index (κ1) is 11.9. The van der Waals surface area contributed by atoms with Crippen LogP contribution in [-0.4, -0.2) is 55.9 Å². The summed E-state index contributed by atoms with van der Waals surface area (Å²) in [6.45, 7) is 6.45. The summed E-state index contributed by atoms with van der Waals surface area (Å²) in [6, 6.07) is 0. The molecule has 17 heavy (non-hydrogen) atoms. The zero-order valence-electron chi connectivity index (χ0n) is 10.7. The van der Waals surface area contributed by atoms with Crippen molar-refractivity contribution >= 4 is 0 Å². The van der Waals surface area contributed by atoms with Gasteiger partial charge in [0.1, 0.15) is 0 Å². The first-order chi connectivity index (χ1) is 8.32. The predicted octanol–water partition coefficient (Wildman–Crippen LogP) is 0.178. The lowest BCUT2D eigenvalue weighted by Gasteiger charge is -2.43. The summed E-state index contributed by atoms with van der Waals surface area (Å²) >= 11 is 0. The molecular weight excluding hydrogens is 214 g/mol. The van der Waals surface area contributed by atoms with Crippen molar-refractivity contribution in [1.82, 2.24) is 10.2 Å². The SMILES string of the molecule is NCC1(NCC2CCCO2)CCN2CCC1C2. The number of hydrogen-bond donors (Lipinski definition) is 2. The Hall–Kier alpha value is -0.160. The van der Waals surface area contributed by atoms with E-state index < -0.39 is 0 Å². The second kappa shape index (κ2) is 4.84. The molecule has 3 fully saturated rings. The highest BCUT2D eigenvalue weighted by Gasteiger charge is 2.45. The van der Waals surface area contributed by atoms with Crippen LogP contribution in [0, 0.1) is 5.92 Å². The van der Waals surface area contributed by atoms with Crippen molar-refractivity contribution in [3.8, 4) is 0 Å². The average molecular weight is 239 g/mol. The van der Waals surface area contributed by atoms with Crippen molar-refractivity contribution in [2.75, 3.05) is 39.3 Å². The Bertz CT molecular complexity index is 267. The lowest BCUT2D eigenvalue weighted by molar-refractivity contribution is 0.0795. The van der Waals surface area contributed by atoms with Gasteiger partial charge in [-0.1, -0.05) is 0 Å². The zero-order valence-corrected chi connectivity index (χ0v) is 10.7. The molecule has 4 atom stereocenters. The second-order valence-corrected chi connectivity index (χ2v) is 5.91. The Morgan fingerprint density at radius 3 is 3.06 bits per heavy atom. The Morgan fingerprint density at radius 2 is 2.29 bits per heavy atom. The second-order valence-electron chi connectivity index (χ2n) is 5.91. The number of hydrogen-bond acceptors (Lipinski definition) is 4. The van der Waals surface area contributed by atoms with Crippen LogP contribution in [0.4, 0.5) is 0 Å². The van der Waals surface area contributed by atoms with Crippen molar-refractivity contribution < 1.29 is 4.74 Å². The van der Waals surface area contributed by atoms with E-state index in [1.165, 1.54) is 45.3 Å². The molecule has 2 bridgehead atoms. The van der Waals surface area contributed by atoms with Crippen molar-refractivity contribution in [2.45, 2.75) is 37.3 Å². The number of nitrogens with zero attached hydrogens (tertiary/aromatic N) is 1. The summed E-state index contributed by atoms with van der Waals surface area (Å²) in [5, 5.41) is 3.78. The van der Waals surface area contributed by atoms with Gasteiger partial charge in [-0.05, 0) is 44.7 Å². The van der Waals surface area contributed by atoms with Crippen LogP contribution < -0.4 is 11.1 Å². The maximum atomic E-state index is 6.09. The summed E-state index contributed by atoms with van der Waals surface area (Å²) in [5.41, 5.74) is 6.28. The van der Waals surface area contributed by atoms with Gasteiger partial charge in [-0.25, -0.2) is 0 Å². The molecule has 4 heteroatoms. The van der Waals surface area contributed by atoms with E-state index in [1.807, 2.05) is 0 Å². The third-order valence-electron chi connectivity index (χ3n) is 5.00. The fourth-order valence-electron chi connectivity index (χ4n) is 3.74. The van der Waals surface area contributed by atoms with Crippen LogP contribution in [0.15, 0.2) is 0 Å². The molecule has 3 saturated heterocycles. The molecule has 3 rings (SSSR count). The Labute approximate surface area is 104 Å². The molecule has 3 aliphatic heterocycles. The van der Waals surface area contributed by atoms with E-state index >= 15 is 0 Å². The molecule has 0 aliphatic carbocycles. The minimum absolute atomic E-state index is 0.193. The number of rotatable bonds is 4. The summed E-state index contributed by atoms with van der Waals surface area (Å²) in [7, 11) is 0. The van der Waals surface area contributed by atoms with E-state index in [0.29, 0.717) is 6.10 Å². The van der Waals surface area contributed by atoms with E-state index in [0.717, 1.165) is 25.6 Å². The van der Waals surface area contributed by atoms with Gasteiger partial charge < -0.3 is 20.7 Å². The molecule has 3 N–H and O–H groups in total.